The number of furan rings is 1. The van der Waals surface area contributed by atoms with Gasteiger partial charge in [0.2, 0.25) is 5.88 Å². The molecule has 0 unspecified atom stereocenters. The van der Waals surface area contributed by atoms with Crippen LogP contribution in [0.25, 0.3) is 0 Å². The molecule has 3 rings (SSSR count). The van der Waals surface area contributed by atoms with Crippen molar-refractivity contribution in [3.05, 3.63) is 78.1 Å². The van der Waals surface area contributed by atoms with Crippen molar-refractivity contribution in [2.24, 2.45) is 0 Å². The van der Waals surface area contributed by atoms with Gasteiger partial charge in [0.25, 0.3) is 0 Å². The van der Waals surface area contributed by atoms with E-state index in [1.807, 2.05) is 53.4 Å². The van der Waals surface area contributed by atoms with Gasteiger partial charge in [0.15, 0.2) is 5.75 Å². The molecule has 0 N–H and O–H groups in total. The molecule has 0 aliphatic heterocycles. The first-order valence-electron chi connectivity index (χ1n) is 11.2. The van der Waals surface area contributed by atoms with Crippen LogP contribution in [0.4, 0.5) is 11.6 Å². The van der Waals surface area contributed by atoms with E-state index in [1.54, 1.807) is 19.9 Å². The van der Waals surface area contributed by atoms with E-state index in [0.29, 0.717) is 18.2 Å². The summed E-state index contributed by atoms with van der Waals surface area (Å²) in [4.78, 5) is 2.02. The Morgan fingerprint density at radius 2 is 1.53 bits per heavy atom. The first kappa shape index (κ1) is 24.1. The second-order valence-corrected chi connectivity index (χ2v) is 8.86. The number of phosphoric ester groups is 1. The zero-order chi connectivity index (χ0) is 22.8. The third-order valence-electron chi connectivity index (χ3n) is 4.79. The largest absolute Gasteiger partial charge is 0.530 e. The van der Waals surface area contributed by atoms with Crippen LogP contribution in [0.1, 0.15) is 44.9 Å². The molecule has 0 radical (unpaired) electrons. The first-order valence-corrected chi connectivity index (χ1v) is 12.6. The molecule has 0 atom stereocenters. The highest BCUT2D eigenvalue weighted by molar-refractivity contribution is 7.48. The predicted molar refractivity (Wildman–Crippen MR) is 128 cm³/mol. The molecule has 0 aliphatic carbocycles. The van der Waals surface area contributed by atoms with Gasteiger partial charge in [-0.15, -0.1) is 0 Å². The molecule has 6 nitrogen and oxygen atoms in total. The summed E-state index contributed by atoms with van der Waals surface area (Å²) in [5.41, 5.74) is 2.03. The van der Waals surface area contributed by atoms with Gasteiger partial charge in [-0.2, -0.15) is 0 Å². The fourth-order valence-electron chi connectivity index (χ4n) is 3.32. The number of anilines is 2. The van der Waals surface area contributed by atoms with Crippen LogP contribution in [0.5, 0.6) is 5.75 Å². The smallest absolute Gasteiger partial charge is 0.441 e. The number of hydrogen-bond donors (Lipinski definition) is 0. The Morgan fingerprint density at radius 3 is 2.12 bits per heavy atom. The maximum atomic E-state index is 13.1. The summed E-state index contributed by atoms with van der Waals surface area (Å²) in [5.74, 6) is 1.59. The summed E-state index contributed by atoms with van der Waals surface area (Å²) in [7, 11) is -3.78. The number of benzene rings is 2. The molecule has 3 aromatic rings. The van der Waals surface area contributed by atoms with E-state index in [9.17, 15) is 4.57 Å². The normalized spacial score (nSPS) is 11.5. The molecule has 7 heteroatoms. The van der Waals surface area contributed by atoms with Crippen molar-refractivity contribution in [3.8, 4) is 5.75 Å². The number of rotatable bonds is 13. The van der Waals surface area contributed by atoms with Crippen LogP contribution in [0.2, 0.25) is 0 Å². The zero-order valence-electron chi connectivity index (χ0n) is 19.0. The van der Waals surface area contributed by atoms with Crippen molar-refractivity contribution >= 4 is 19.4 Å². The van der Waals surface area contributed by atoms with Crippen LogP contribution in [0, 0.1) is 0 Å². The summed E-state index contributed by atoms with van der Waals surface area (Å²) < 4.78 is 36.1. The van der Waals surface area contributed by atoms with Gasteiger partial charge in [-0.05, 0) is 38.0 Å². The van der Waals surface area contributed by atoms with Crippen LogP contribution in [0.15, 0.2) is 71.1 Å². The van der Waals surface area contributed by atoms with Gasteiger partial charge >= 0.3 is 7.82 Å². The van der Waals surface area contributed by atoms with E-state index in [4.69, 9.17) is 18.0 Å². The highest BCUT2D eigenvalue weighted by Crippen LogP contribution is 2.53. The predicted octanol–water partition coefficient (Wildman–Crippen LogP) is 7.52. The maximum Gasteiger partial charge on any atom is 0.530 e. The lowest BCUT2D eigenvalue weighted by Crippen LogP contribution is -2.16. The molecular weight excluding hydrogens is 425 g/mol. The Hall–Kier alpha value is -2.53. The number of aryl methyl sites for hydroxylation is 1. The van der Waals surface area contributed by atoms with Crippen molar-refractivity contribution in [2.45, 2.75) is 46.6 Å². The van der Waals surface area contributed by atoms with Gasteiger partial charge < -0.3 is 13.8 Å². The van der Waals surface area contributed by atoms with E-state index >= 15 is 0 Å². The Balaban J connectivity index is 2.05. The van der Waals surface area contributed by atoms with Gasteiger partial charge in [0.1, 0.15) is 5.76 Å². The molecule has 0 amide bonds. The highest BCUT2D eigenvalue weighted by Gasteiger charge is 2.32. The van der Waals surface area contributed by atoms with Gasteiger partial charge in [-0.25, -0.2) is 4.57 Å². The Bertz CT molecular complexity index is 980. The molecule has 0 aliphatic rings. The summed E-state index contributed by atoms with van der Waals surface area (Å²) in [6, 6.07) is 21.8. The minimum Gasteiger partial charge on any atom is -0.441 e. The van der Waals surface area contributed by atoms with E-state index in [-0.39, 0.29) is 13.2 Å². The van der Waals surface area contributed by atoms with Crippen LogP contribution in [0.3, 0.4) is 0 Å². The number of nitrogens with zero attached hydrogens (tertiary/aromatic N) is 1. The molecule has 1 heterocycles. The highest BCUT2D eigenvalue weighted by atomic mass is 31.2. The molecular formula is C25H32NO5P. The lowest BCUT2D eigenvalue weighted by molar-refractivity contribution is 0.167. The van der Waals surface area contributed by atoms with Crippen molar-refractivity contribution < 1.29 is 22.6 Å². The molecule has 172 valence electrons. The monoisotopic (exact) mass is 457 g/mol. The van der Waals surface area contributed by atoms with Gasteiger partial charge in [0.05, 0.1) is 19.8 Å². The van der Waals surface area contributed by atoms with E-state index in [0.717, 1.165) is 36.3 Å². The average molecular weight is 458 g/mol. The van der Waals surface area contributed by atoms with Crippen LogP contribution < -0.4 is 9.42 Å². The molecule has 0 bridgehead atoms. The fourth-order valence-corrected chi connectivity index (χ4v) is 4.50. The van der Waals surface area contributed by atoms with E-state index in [1.165, 1.54) is 0 Å². The standard InChI is InChI=1S/C25H32NO5P/c1-4-7-18-23-19-24(31-32(27,28-5-2)29-6-3)25(30-23)26(22-16-12-9-13-17-22)20-21-14-10-8-11-15-21/h8-17,19H,4-7,18,20H2,1-3H3. The number of unbranched alkanes of at least 4 members (excludes halogenated alkanes) is 1. The zero-order valence-corrected chi connectivity index (χ0v) is 19.9. The van der Waals surface area contributed by atoms with Gasteiger partial charge in [0, 0.05) is 18.2 Å². The Labute approximate surface area is 190 Å². The van der Waals surface area contributed by atoms with Crippen molar-refractivity contribution in [1.29, 1.82) is 0 Å². The lowest BCUT2D eigenvalue weighted by atomic mass is 10.2. The fraction of sp³-hybridized carbons (Fsp3) is 0.360. The molecule has 0 spiro atoms. The second-order valence-electron chi connectivity index (χ2n) is 7.27. The summed E-state index contributed by atoms with van der Waals surface area (Å²) >= 11 is 0. The summed E-state index contributed by atoms with van der Waals surface area (Å²) in [6.07, 6.45) is 2.77. The maximum absolute atomic E-state index is 13.1. The summed E-state index contributed by atoms with van der Waals surface area (Å²) in [6.45, 7) is 6.60. The van der Waals surface area contributed by atoms with Crippen LogP contribution in [-0.4, -0.2) is 13.2 Å². The summed E-state index contributed by atoms with van der Waals surface area (Å²) in [5, 5.41) is 0. The third kappa shape index (κ3) is 6.49. The molecule has 32 heavy (non-hydrogen) atoms. The average Bonchev–Trinajstić information content (AvgIpc) is 3.19. The lowest BCUT2D eigenvalue weighted by Gasteiger charge is -2.24. The Kier molecular flexibility index (Phi) is 8.98. The van der Waals surface area contributed by atoms with Crippen LogP contribution >= 0.6 is 7.82 Å². The van der Waals surface area contributed by atoms with E-state index in [2.05, 4.69) is 19.1 Å². The number of phosphoric acid groups is 1. The van der Waals surface area contributed by atoms with Gasteiger partial charge in [-0.1, -0.05) is 61.9 Å². The SMILES string of the molecule is CCCCc1cc(OP(=O)(OCC)OCC)c(N(Cc2ccccc2)c2ccccc2)o1. The molecule has 1 aromatic heterocycles. The molecule has 0 fully saturated rings. The number of hydrogen-bond acceptors (Lipinski definition) is 6. The number of para-hydroxylation sites is 1. The minimum absolute atomic E-state index is 0.208. The topological polar surface area (TPSA) is 61.1 Å². The molecule has 0 saturated carbocycles. The quantitative estimate of drug-likeness (QED) is 0.247. The van der Waals surface area contributed by atoms with E-state index < -0.39 is 7.82 Å². The molecule has 2 aromatic carbocycles. The third-order valence-corrected chi connectivity index (χ3v) is 6.36. The van der Waals surface area contributed by atoms with Crippen molar-refractivity contribution in [2.75, 3.05) is 18.1 Å². The van der Waals surface area contributed by atoms with Crippen molar-refractivity contribution in [1.82, 2.24) is 0 Å². The van der Waals surface area contributed by atoms with Crippen molar-refractivity contribution in [3.63, 3.8) is 0 Å². The second kappa shape index (κ2) is 11.9. The first-order chi connectivity index (χ1) is 15.6. The minimum atomic E-state index is -3.78. The van der Waals surface area contributed by atoms with Crippen LogP contribution in [-0.2, 0) is 26.6 Å². The molecule has 0 saturated heterocycles. The van der Waals surface area contributed by atoms with Gasteiger partial charge in [-0.3, -0.25) is 9.05 Å². The Morgan fingerprint density at radius 1 is 0.906 bits per heavy atom.